The second-order valence-corrected chi connectivity index (χ2v) is 6.17. The summed E-state index contributed by atoms with van der Waals surface area (Å²) in [7, 11) is 0. The van der Waals surface area contributed by atoms with E-state index in [4.69, 9.17) is 0 Å². The van der Waals surface area contributed by atoms with Crippen molar-refractivity contribution < 1.29 is 23.1 Å². The van der Waals surface area contributed by atoms with Gasteiger partial charge in [0.25, 0.3) is 0 Å². The summed E-state index contributed by atoms with van der Waals surface area (Å²) in [5.74, 6) is 0.209. The van der Waals surface area contributed by atoms with Crippen LogP contribution in [0.3, 0.4) is 0 Å². The van der Waals surface area contributed by atoms with Crippen LogP contribution in [0.5, 0.6) is 5.75 Å². The Hall–Kier alpha value is -2.44. The van der Waals surface area contributed by atoms with Gasteiger partial charge >= 0.3 is 6.61 Å². The van der Waals surface area contributed by atoms with Gasteiger partial charge in [-0.1, -0.05) is 18.2 Å². The van der Waals surface area contributed by atoms with E-state index >= 15 is 0 Å². The van der Waals surface area contributed by atoms with E-state index < -0.39 is 6.61 Å². The number of para-hydroxylation sites is 1. The highest BCUT2D eigenvalue weighted by molar-refractivity contribution is 5.92. The van der Waals surface area contributed by atoms with Crippen molar-refractivity contribution in [3.05, 3.63) is 35.9 Å². The first kappa shape index (κ1) is 17.4. The molecular weight excluding hydrogens is 330 g/mol. The maximum atomic E-state index is 12.4. The lowest BCUT2D eigenvalue weighted by Crippen LogP contribution is -2.50. The van der Waals surface area contributed by atoms with Crippen LogP contribution in [0.4, 0.5) is 8.78 Å². The van der Waals surface area contributed by atoms with Crippen LogP contribution in [0.15, 0.2) is 30.3 Å². The van der Waals surface area contributed by atoms with Crippen molar-refractivity contribution in [1.82, 2.24) is 9.80 Å². The van der Waals surface area contributed by atoms with E-state index in [-0.39, 0.29) is 23.5 Å². The molecule has 1 aromatic carbocycles. The van der Waals surface area contributed by atoms with E-state index in [0.717, 1.165) is 12.8 Å². The van der Waals surface area contributed by atoms with Crippen LogP contribution < -0.4 is 4.74 Å². The smallest absolute Gasteiger partial charge is 0.387 e. The first-order valence-electron chi connectivity index (χ1n) is 8.34. The number of alkyl halides is 2. The van der Waals surface area contributed by atoms with E-state index in [1.165, 1.54) is 18.2 Å². The molecule has 0 unspecified atom stereocenters. The minimum atomic E-state index is -2.91. The van der Waals surface area contributed by atoms with Crippen molar-refractivity contribution in [2.24, 2.45) is 5.92 Å². The number of piperazine rings is 1. The highest BCUT2D eigenvalue weighted by Gasteiger charge is 2.34. The largest absolute Gasteiger partial charge is 0.434 e. The number of carbonyl (C=O) groups excluding carboxylic acids is 2. The minimum absolute atomic E-state index is 0.0291. The summed E-state index contributed by atoms with van der Waals surface area (Å²) in [6.45, 7) is -0.865. The molecule has 0 radical (unpaired) electrons. The molecule has 1 saturated carbocycles. The number of carbonyl (C=O) groups is 2. The van der Waals surface area contributed by atoms with Gasteiger partial charge in [0.1, 0.15) is 5.75 Å². The molecule has 3 rings (SSSR count). The minimum Gasteiger partial charge on any atom is -0.434 e. The Bertz CT molecular complexity index is 666. The molecule has 1 aliphatic carbocycles. The van der Waals surface area contributed by atoms with E-state index in [1.54, 1.807) is 23.1 Å². The third-order valence-corrected chi connectivity index (χ3v) is 4.37. The molecule has 1 aromatic rings. The molecule has 2 fully saturated rings. The fraction of sp³-hybridized carbons (Fsp3) is 0.444. The summed E-state index contributed by atoms with van der Waals surface area (Å²) >= 11 is 0. The molecule has 2 amide bonds. The fourth-order valence-electron chi connectivity index (χ4n) is 2.82. The number of amides is 2. The zero-order valence-corrected chi connectivity index (χ0v) is 13.7. The first-order chi connectivity index (χ1) is 12.0. The third-order valence-electron chi connectivity index (χ3n) is 4.37. The number of hydrogen-bond acceptors (Lipinski definition) is 3. The highest BCUT2D eigenvalue weighted by atomic mass is 19.3. The fourth-order valence-corrected chi connectivity index (χ4v) is 2.82. The second kappa shape index (κ2) is 7.63. The zero-order valence-electron chi connectivity index (χ0n) is 13.7. The van der Waals surface area contributed by atoms with E-state index in [1.807, 2.05) is 4.90 Å². The maximum absolute atomic E-state index is 12.4. The highest BCUT2D eigenvalue weighted by Crippen LogP contribution is 2.31. The van der Waals surface area contributed by atoms with E-state index in [9.17, 15) is 18.4 Å². The molecule has 2 aliphatic rings. The predicted molar refractivity (Wildman–Crippen MR) is 88.0 cm³/mol. The maximum Gasteiger partial charge on any atom is 0.387 e. The molecule has 1 heterocycles. The first-order valence-corrected chi connectivity index (χ1v) is 8.34. The second-order valence-electron chi connectivity index (χ2n) is 6.17. The van der Waals surface area contributed by atoms with Gasteiger partial charge in [-0.2, -0.15) is 8.78 Å². The van der Waals surface area contributed by atoms with Gasteiger partial charge < -0.3 is 14.5 Å². The molecule has 0 spiro atoms. The van der Waals surface area contributed by atoms with Gasteiger partial charge in [-0.15, -0.1) is 0 Å². The van der Waals surface area contributed by atoms with Gasteiger partial charge in [0.2, 0.25) is 11.8 Å². The molecule has 7 heteroatoms. The molecule has 0 atom stereocenters. The lowest BCUT2D eigenvalue weighted by atomic mass is 10.2. The summed E-state index contributed by atoms with van der Waals surface area (Å²) in [5.41, 5.74) is 0.415. The molecular formula is C18H20F2N2O3. The van der Waals surface area contributed by atoms with E-state index in [0.29, 0.717) is 31.7 Å². The predicted octanol–water partition coefficient (Wildman–Crippen LogP) is 2.38. The molecule has 1 saturated heterocycles. The molecule has 0 N–H and O–H groups in total. The number of rotatable bonds is 5. The SMILES string of the molecule is O=C(/C=C/c1ccccc1OC(F)F)N1CCN(C(=O)C2CC2)CC1. The third kappa shape index (κ3) is 4.55. The number of ether oxygens (including phenoxy) is 1. The number of benzene rings is 1. The molecule has 5 nitrogen and oxygen atoms in total. The summed E-state index contributed by atoms with van der Waals surface area (Å²) in [4.78, 5) is 27.8. The summed E-state index contributed by atoms with van der Waals surface area (Å²) < 4.78 is 29.2. The van der Waals surface area contributed by atoms with Gasteiger partial charge in [-0.25, -0.2) is 0 Å². The molecule has 25 heavy (non-hydrogen) atoms. The quantitative estimate of drug-likeness (QED) is 0.766. The molecule has 0 bridgehead atoms. The number of nitrogens with zero attached hydrogens (tertiary/aromatic N) is 2. The van der Waals surface area contributed by atoms with Crippen molar-refractivity contribution in [3.8, 4) is 5.75 Å². The zero-order chi connectivity index (χ0) is 17.8. The average Bonchev–Trinajstić information content (AvgIpc) is 3.45. The van der Waals surface area contributed by atoms with Gasteiger partial charge in [-0.3, -0.25) is 9.59 Å². The summed E-state index contributed by atoms with van der Waals surface area (Å²) in [5, 5.41) is 0. The van der Waals surface area contributed by atoms with Crippen LogP contribution in [0, 0.1) is 5.92 Å². The van der Waals surface area contributed by atoms with Crippen molar-refractivity contribution in [1.29, 1.82) is 0 Å². The van der Waals surface area contributed by atoms with Crippen LogP contribution in [-0.4, -0.2) is 54.4 Å². The standard InChI is InChI=1S/C18H20F2N2O3/c19-18(20)25-15-4-2-1-3-13(15)7-8-16(23)21-9-11-22(12-10-21)17(24)14-5-6-14/h1-4,7-8,14,18H,5-6,9-12H2/b8-7+. The van der Waals surface area contributed by atoms with Gasteiger partial charge in [0.15, 0.2) is 0 Å². The summed E-state index contributed by atoms with van der Waals surface area (Å²) in [6, 6.07) is 6.31. The Labute approximate surface area is 144 Å². The Morgan fingerprint density at radius 2 is 1.72 bits per heavy atom. The van der Waals surface area contributed by atoms with Crippen LogP contribution in [0.1, 0.15) is 18.4 Å². The van der Waals surface area contributed by atoms with Crippen molar-refractivity contribution >= 4 is 17.9 Å². The lowest BCUT2D eigenvalue weighted by molar-refractivity contribution is -0.138. The number of hydrogen-bond donors (Lipinski definition) is 0. The Morgan fingerprint density at radius 1 is 1.08 bits per heavy atom. The Kier molecular flexibility index (Phi) is 5.31. The Morgan fingerprint density at radius 3 is 2.36 bits per heavy atom. The average molecular weight is 350 g/mol. The van der Waals surface area contributed by atoms with E-state index in [2.05, 4.69) is 4.74 Å². The van der Waals surface area contributed by atoms with Crippen LogP contribution in [-0.2, 0) is 9.59 Å². The van der Waals surface area contributed by atoms with Crippen LogP contribution in [0.2, 0.25) is 0 Å². The Balaban J connectivity index is 1.56. The number of halogens is 2. The van der Waals surface area contributed by atoms with Crippen molar-refractivity contribution in [3.63, 3.8) is 0 Å². The molecule has 1 aliphatic heterocycles. The summed E-state index contributed by atoms with van der Waals surface area (Å²) in [6.07, 6.45) is 4.77. The van der Waals surface area contributed by atoms with Crippen molar-refractivity contribution in [2.45, 2.75) is 19.5 Å². The van der Waals surface area contributed by atoms with Gasteiger partial charge in [0, 0.05) is 43.7 Å². The normalized spacial score (nSPS) is 18.0. The lowest BCUT2D eigenvalue weighted by Gasteiger charge is -2.34. The van der Waals surface area contributed by atoms with Crippen molar-refractivity contribution in [2.75, 3.05) is 26.2 Å². The van der Waals surface area contributed by atoms with Crippen LogP contribution >= 0.6 is 0 Å². The van der Waals surface area contributed by atoms with Gasteiger partial charge in [0.05, 0.1) is 0 Å². The topological polar surface area (TPSA) is 49.9 Å². The monoisotopic (exact) mass is 350 g/mol. The molecule has 0 aromatic heterocycles. The van der Waals surface area contributed by atoms with Gasteiger partial charge in [-0.05, 0) is 25.0 Å². The molecule has 134 valence electrons. The van der Waals surface area contributed by atoms with Crippen LogP contribution in [0.25, 0.3) is 6.08 Å².